The average Bonchev–Trinajstić information content (AvgIpc) is 3.41. The molecule has 0 bridgehead atoms. The predicted octanol–water partition coefficient (Wildman–Crippen LogP) is 7.69. The summed E-state index contributed by atoms with van der Waals surface area (Å²) in [5.41, 5.74) is 5.96. The number of aromatic hydroxyl groups is 4. The van der Waals surface area contributed by atoms with Gasteiger partial charge in [0.15, 0.2) is 11.8 Å². The summed E-state index contributed by atoms with van der Waals surface area (Å²) in [7, 11) is 1.56. The lowest BCUT2D eigenvalue weighted by atomic mass is 9.90. The molecule has 0 atom stereocenters. The van der Waals surface area contributed by atoms with E-state index in [2.05, 4.69) is 0 Å². The van der Waals surface area contributed by atoms with Crippen molar-refractivity contribution in [2.24, 2.45) is 7.05 Å². The average molecular weight is 587 g/mol. The van der Waals surface area contributed by atoms with Crippen LogP contribution in [0.5, 0.6) is 46.5 Å². The van der Waals surface area contributed by atoms with Gasteiger partial charge in [-0.15, -0.1) is 0 Å². The first-order valence-corrected chi connectivity index (χ1v) is 14.2. The van der Waals surface area contributed by atoms with Crippen LogP contribution in [0.1, 0.15) is 27.8 Å². The Morgan fingerprint density at radius 2 is 0.818 bits per heavy atom. The molecule has 2 heterocycles. The van der Waals surface area contributed by atoms with Gasteiger partial charge >= 0.3 is 0 Å². The molecule has 2 aromatic heterocycles. The van der Waals surface area contributed by atoms with Crippen LogP contribution < -0.4 is 9.47 Å². The Balaban J connectivity index is 1.04. The minimum absolute atomic E-state index is 0.0503. The summed E-state index contributed by atoms with van der Waals surface area (Å²) in [6, 6.07) is 30.7. The third-order valence-corrected chi connectivity index (χ3v) is 8.20. The molecule has 0 spiro atoms. The quantitative estimate of drug-likeness (QED) is 0.159. The Kier molecular flexibility index (Phi) is 6.47. The SMILES string of the molecule is Cc1ccc(Oc2ccc(-c3ccc(Oc4ccc(-n5c(O)c6c(c5O)Cc5c(c(O)n(C)c5O)C6)cc4)cc3)cc2)cc1. The Morgan fingerprint density at radius 3 is 1.23 bits per heavy atom. The second-order valence-corrected chi connectivity index (χ2v) is 11.0. The van der Waals surface area contributed by atoms with Crippen LogP contribution in [0.4, 0.5) is 0 Å². The molecule has 8 nitrogen and oxygen atoms in total. The number of hydrogen-bond acceptors (Lipinski definition) is 6. The van der Waals surface area contributed by atoms with Crippen molar-refractivity contribution in [2.75, 3.05) is 0 Å². The molecule has 7 rings (SSSR count). The van der Waals surface area contributed by atoms with Crippen LogP contribution in [-0.2, 0) is 19.9 Å². The van der Waals surface area contributed by atoms with Gasteiger partial charge in [0.05, 0.1) is 5.69 Å². The molecule has 0 amide bonds. The largest absolute Gasteiger partial charge is 0.494 e. The third kappa shape index (κ3) is 4.66. The highest BCUT2D eigenvalue weighted by molar-refractivity contribution is 5.65. The van der Waals surface area contributed by atoms with Crippen LogP contribution in [0.2, 0.25) is 0 Å². The number of benzene rings is 4. The number of rotatable bonds is 6. The fourth-order valence-electron chi connectivity index (χ4n) is 5.73. The molecule has 0 saturated carbocycles. The topological polar surface area (TPSA) is 109 Å². The van der Waals surface area contributed by atoms with Crippen molar-refractivity contribution in [3.8, 4) is 63.3 Å². The first-order chi connectivity index (χ1) is 21.3. The van der Waals surface area contributed by atoms with E-state index in [4.69, 9.17) is 9.47 Å². The van der Waals surface area contributed by atoms with Gasteiger partial charge in [-0.25, -0.2) is 0 Å². The van der Waals surface area contributed by atoms with Gasteiger partial charge in [0, 0.05) is 42.1 Å². The van der Waals surface area contributed by atoms with E-state index in [-0.39, 0.29) is 36.4 Å². The molecule has 0 aliphatic heterocycles. The molecule has 8 heteroatoms. The molecule has 44 heavy (non-hydrogen) atoms. The van der Waals surface area contributed by atoms with E-state index < -0.39 is 0 Å². The van der Waals surface area contributed by atoms with Gasteiger partial charge in [-0.3, -0.25) is 9.13 Å². The number of nitrogens with zero attached hydrogens (tertiary/aromatic N) is 2. The zero-order valence-corrected chi connectivity index (χ0v) is 24.2. The number of aryl methyl sites for hydroxylation is 1. The van der Waals surface area contributed by atoms with E-state index in [0.717, 1.165) is 22.6 Å². The summed E-state index contributed by atoms with van der Waals surface area (Å²) >= 11 is 0. The fraction of sp³-hybridized carbons (Fsp3) is 0.111. The number of hydrogen-bond donors (Lipinski definition) is 4. The molecular weight excluding hydrogens is 556 g/mol. The highest BCUT2D eigenvalue weighted by Gasteiger charge is 2.33. The Labute approximate surface area is 253 Å². The number of aromatic nitrogens is 2. The van der Waals surface area contributed by atoms with Crippen LogP contribution in [0, 0.1) is 6.92 Å². The maximum absolute atomic E-state index is 11.0. The smallest absolute Gasteiger partial charge is 0.202 e. The minimum Gasteiger partial charge on any atom is -0.494 e. The second kappa shape index (κ2) is 10.5. The van der Waals surface area contributed by atoms with Gasteiger partial charge in [0.2, 0.25) is 11.8 Å². The molecule has 6 aromatic rings. The first-order valence-electron chi connectivity index (χ1n) is 14.2. The predicted molar refractivity (Wildman–Crippen MR) is 167 cm³/mol. The van der Waals surface area contributed by atoms with Gasteiger partial charge < -0.3 is 29.9 Å². The summed E-state index contributed by atoms with van der Waals surface area (Å²) in [4.78, 5) is 0. The van der Waals surface area contributed by atoms with E-state index in [0.29, 0.717) is 39.4 Å². The molecule has 220 valence electrons. The Morgan fingerprint density at radius 1 is 0.477 bits per heavy atom. The maximum atomic E-state index is 11.0. The lowest BCUT2D eigenvalue weighted by Crippen LogP contribution is -2.03. The second-order valence-electron chi connectivity index (χ2n) is 11.0. The molecule has 1 aliphatic rings. The molecule has 0 radical (unpaired) electrons. The van der Waals surface area contributed by atoms with Crippen molar-refractivity contribution in [2.45, 2.75) is 19.8 Å². The zero-order chi connectivity index (χ0) is 30.5. The lowest BCUT2D eigenvalue weighted by molar-refractivity contribution is 0.383. The van der Waals surface area contributed by atoms with Crippen LogP contribution in [-0.4, -0.2) is 29.6 Å². The first kappa shape index (κ1) is 27.1. The minimum atomic E-state index is -0.107. The molecule has 1 aliphatic carbocycles. The highest BCUT2D eigenvalue weighted by Crippen LogP contribution is 2.47. The van der Waals surface area contributed by atoms with E-state index >= 15 is 0 Å². The standard InChI is InChI=1S/C36H30N2O6/c1-21-3-11-25(12-4-21)43-26-13-5-22(6-14-26)23-7-15-27(16-8-23)44-28-17-9-24(10-18-28)38-35(41)31-19-29-30(20-32(31)36(38)42)34(40)37(2)33(29)39/h3-18,39-42H,19-20H2,1-2H3. The summed E-state index contributed by atoms with van der Waals surface area (Å²) in [5.74, 6) is 2.52. The van der Waals surface area contributed by atoms with Crippen molar-refractivity contribution < 1.29 is 29.9 Å². The molecule has 0 saturated heterocycles. The number of fused-ring (bicyclic) bond motifs is 2. The molecule has 4 N–H and O–H groups in total. The van der Waals surface area contributed by atoms with Crippen LogP contribution in [0.15, 0.2) is 97.1 Å². The van der Waals surface area contributed by atoms with Crippen LogP contribution >= 0.6 is 0 Å². The summed E-state index contributed by atoms with van der Waals surface area (Å²) in [6.45, 7) is 2.04. The lowest BCUT2D eigenvalue weighted by Gasteiger charge is -2.12. The molecule has 0 fully saturated rings. The molecule has 0 unspecified atom stereocenters. The normalized spacial score (nSPS) is 12.0. The van der Waals surface area contributed by atoms with E-state index in [1.807, 2.05) is 79.7 Å². The van der Waals surface area contributed by atoms with Crippen molar-refractivity contribution >= 4 is 0 Å². The summed E-state index contributed by atoms with van der Waals surface area (Å²) in [6.07, 6.45) is 0.389. The molecule has 4 aromatic carbocycles. The summed E-state index contributed by atoms with van der Waals surface area (Å²) < 4.78 is 14.6. The van der Waals surface area contributed by atoms with Crippen LogP contribution in [0.25, 0.3) is 16.8 Å². The van der Waals surface area contributed by atoms with Gasteiger partial charge in [0.1, 0.15) is 23.0 Å². The van der Waals surface area contributed by atoms with Gasteiger partial charge in [-0.1, -0.05) is 42.0 Å². The monoisotopic (exact) mass is 586 g/mol. The summed E-state index contributed by atoms with van der Waals surface area (Å²) in [5, 5.41) is 42.8. The fourth-order valence-corrected chi connectivity index (χ4v) is 5.73. The van der Waals surface area contributed by atoms with Gasteiger partial charge in [-0.05, 0) is 78.7 Å². The van der Waals surface area contributed by atoms with Crippen molar-refractivity contribution in [3.05, 3.63) is 125 Å². The van der Waals surface area contributed by atoms with Gasteiger partial charge in [0.25, 0.3) is 0 Å². The van der Waals surface area contributed by atoms with E-state index in [1.165, 1.54) is 14.7 Å². The number of ether oxygens (including phenoxy) is 2. The third-order valence-electron chi connectivity index (χ3n) is 8.20. The zero-order valence-electron chi connectivity index (χ0n) is 24.2. The van der Waals surface area contributed by atoms with Crippen LogP contribution in [0.3, 0.4) is 0 Å². The van der Waals surface area contributed by atoms with Crippen molar-refractivity contribution in [3.63, 3.8) is 0 Å². The van der Waals surface area contributed by atoms with Gasteiger partial charge in [-0.2, -0.15) is 0 Å². The van der Waals surface area contributed by atoms with Crippen molar-refractivity contribution in [1.29, 1.82) is 0 Å². The molecular formula is C36H30N2O6. The maximum Gasteiger partial charge on any atom is 0.202 e. The van der Waals surface area contributed by atoms with E-state index in [1.54, 1.807) is 31.3 Å². The highest BCUT2D eigenvalue weighted by atomic mass is 16.5. The van der Waals surface area contributed by atoms with E-state index in [9.17, 15) is 20.4 Å². The Hall–Kier alpha value is -5.76. The van der Waals surface area contributed by atoms with Crippen molar-refractivity contribution in [1.82, 2.24) is 9.13 Å². The Bertz CT molecular complexity index is 1930.